The molecule has 0 unspecified atom stereocenters. The number of fused-ring (bicyclic) bond motifs is 1. The molecule has 0 aliphatic carbocycles. The van der Waals surface area contributed by atoms with E-state index in [2.05, 4.69) is 37.5 Å². The summed E-state index contributed by atoms with van der Waals surface area (Å²) in [5.41, 5.74) is 2.94. The van der Waals surface area contributed by atoms with Gasteiger partial charge in [-0.1, -0.05) is 0 Å². The second-order valence-corrected chi connectivity index (χ2v) is 3.59. The van der Waals surface area contributed by atoms with Crippen molar-refractivity contribution in [3.63, 3.8) is 0 Å². The monoisotopic (exact) mass is 271 g/mol. The molecule has 2 aromatic heterocycles. The predicted octanol–water partition coefficient (Wildman–Crippen LogP) is 1.94. The zero-order valence-electron chi connectivity index (χ0n) is 6.45. The number of nitrogens with zero attached hydrogens (tertiary/aromatic N) is 3. The molecule has 0 saturated heterocycles. The van der Waals surface area contributed by atoms with Crippen LogP contribution in [0.25, 0.3) is 11.0 Å². The van der Waals surface area contributed by atoms with Crippen LogP contribution in [-0.2, 0) is 0 Å². The highest BCUT2D eigenvalue weighted by atomic mass is 127. The molecule has 0 fully saturated rings. The van der Waals surface area contributed by atoms with Crippen molar-refractivity contribution in [2.75, 3.05) is 0 Å². The first-order valence-electron chi connectivity index (χ1n) is 3.50. The van der Waals surface area contributed by atoms with Crippen molar-refractivity contribution < 1.29 is 0 Å². The van der Waals surface area contributed by atoms with E-state index in [1.54, 1.807) is 12.5 Å². The Kier molecular flexibility index (Phi) is 1.92. The van der Waals surface area contributed by atoms with Gasteiger partial charge >= 0.3 is 0 Å². The van der Waals surface area contributed by atoms with Gasteiger partial charge in [0, 0.05) is 9.77 Å². The normalized spacial score (nSPS) is 10.5. The lowest BCUT2D eigenvalue weighted by molar-refractivity contribution is 1.18. The van der Waals surface area contributed by atoms with Crippen LogP contribution in [0.15, 0.2) is 18.7 Å². The van der Waals surface area contributed by atoms with E-state index >= 15 is 0 Å². The van der Waals surface area contributed by atoms with Gasteiger partial charge in [-0.05, 0) is 35.1 Å². The molecular formula is C8H6IN3. The maximum Gasteiger partial charge on any atom is 0.116 e. The minimum atomic E-state index is 0.854. The van der Waals surface area contributed by atoms with Crippen molar-refractivity contribution in [2.45, 2.75) is 6.92 Å². The third kappa shape index (κ3) is 1.16. The minimum Gasteiger partial charge on any atom is -0.253 e. The molecule has 4 heteroatoms. The molecule has 0 N–H and O–H groups in total. The largest absolute Gasteiger partial charge is 0.253 e. The van der Waals surface area contributed by atoms with E-state index in [4.69, 9.17) is 0 Å². The Morgan fingerprint density at radius 2 is 2.08 bits per heavy atom. The molecule has 0 aliphatic rings. The highest BCUT2D eigenvalue weighted by molar-refractivity contribution is 14.1. The van der Waals surface area contributed by atoms with E-state index < -0.39 is 0 Å². The summed E-state index contributed by atoms with van der Waals surface area (Å²) in [4.78, 5) is 12.3. The molecule has 0 spiro atoms. The van der Waals surface area contributed by atoms with Gasteiger partial charge < -0.3 is 0 Å². The van der Waals surface area contributed by atoms with Crippen LogP contribution >= 0.6 is 22.6 Å². The molecular weight excluding hydrogens is 265 g/mol. The van der Waals surface area contributed by atoms with Crippen LogP contribution in [0.4, 0.5) is 0 Å². The van der Waals surface area contributed by atoms with Gasteiger partial charge in [0.15, 0.2) is 0 Å². The maximum atomic E-state index is 4.21. The Bertz CT molecular complexity index is 428. The zero-order valence-corrected chi connectivity index (χ0v) is 8.61. The van der Waals surface area contributed by atoms with E-state index in [0.29, 0.717) is 0 Å². The highest BCUT2D eigenvalue weighted by Gasteiger charge is 2.02. The first-order valence-corrected chi connectivity index (χ1v) is 4.58. The van der Waals surface area contributed by atoms with Crippen LogP contribution in [0.2, 0.25) is 0 Å². The van der Waals surface area contributed by atoms with E-state index in [1.807, 2.05) is 13.1 Å². The second-order valence-electron chi connectivity index (χ2n) is 2.51. The van der Waals surface area contributed by atoms with Crippen molar-refractivity contribution in [3.8, 4) is 0 Å². The Morgan fingerprint density at radius 3 is 2.92 bits per heavy atom. The predicted molar refractivity (Wildman–Crippen MR) is 54.8 cm³/mol. The van der Waals surface area contributed by atoms with Crippen LogP contribution in [0, 0.1) is 10.5 Å². The zero-order chi connectivity index (χ0) is 8.55. The van der Waals surface area contributed by atoms with Crippen molar-refractivity contribution in [2.24, 2.45) is 0 Å². The van der Waals surface area contributed by atoms with Gasteiger partial charge in [0.1, 0.15) is 17.4 Å². The van der Waals surface area contributed by atoms with Crippen molar-refractivity contribution in [1.29, 1.82) is 0 Å². The molecule has 0 aliphatic heterocycles. The summed E-state index contributed by atoms with van der Waals surface area (Å²) in [5.74, 6) is 0. The molecule has 0 saturated carbocycles. The fourth-order valence-corrected chi connectivity index (χ4v) is 1.55. The van der Waals surface area contributed by atoms with E-state index in [-0.39, 0.29) is 0 Å². The molecule has 3 nitrogen and oxygen atoms in total. The van der Waals surface area contributed by atoms with Gasteiger partial charge in [0.2, 0.25) is 0 Å². The van der Waals surface area contributed by atoms with Crippen LogP contribution in [0.5, 0.6) is 0 Å². The molecule has 0 aromatic carbocycles. The van der Waals surface area contributed by atoms with Crippen molar-refractivity contribution in [3.05, 3.63) is 27.9 Å². The number of aromatic nitrogens is 3. The van der Waals surface area contributed by atoms with Gasteiger partial charge in [0.25, 0.3) is 0 Å². The SMILES string of the molecule is Cc1cnc2cncnc2c1I. The third-order valence-corrected chi connectivity index (χ3v) is 3.01. The number of halogens is 1. The quantitative estimate of drug-likeness (QED) is 0.687. The van der Waals surface area contributed by atoms with Crippen molar-refractivity contribution in [1.82, 2.24) is 15.0 Å². The number of pyridine rings is 1. The third-order valence-electron chi connectivity index (χ3n) is 1.64. The standard InChI is InChI=1S/C8H6IN3/c1-5-2-11-6-3-10-4-12-8(6)7(5)9/h2-4H,1H3. The Hall–Kier alpha value is -0.780. The lowest BCUT2D eigenvalue weighted by Gasteiger charge is -2.00. The second kappa shape index (κ2) is 2.93. The van der Waals surface area contributed by atoms with E-state index in [9.17, 15) is 0 Å². The first-order chi connectivity index (χ1) is 5.79. The summed E-state index contributed by atoms with van der Waals surface area (Å²) >= 11 is 2.27. The minimum absolute atomic E-state index is 0.854. The smallest absolute Gasteiger partial charge is 0.116 e. The fraction of sp³-hybridized carbons (Fsp3) is 0.125. The number of hydrogen-bond acceptors (Lipinski definition) is 3. The molecule has 0 atom stereocenters. The topological polar surface area (TPSA) is 38.7 Å². The lowest BCUT2D eigenvalue weighted by Crippen LogP contribution is -1.90. The van der Waals surface area contributed by atoms with Gasteiger partial charge in [-0.15, -0.1) is 0 Å². The molecule has 0 amide bonds. The molecule has 0 bridgehead atoms. The summed E-state index contributed by atoms with van der Waals surface area (Å²) in [6.07, 6.45) is 5.11. The Balaban J connectivity index is 2.91. The molecule has 60 valence electrons. The number of aryl methyl sites for hydroxylation is 1. The van der Waals surface area contributed by atoms with Crippen LogP contribution in [-0.4, -0.2) is 15.0 Å². The molecule has 2 rings (SSSR count). The summed E-state index contributed by atoms with van der Waals surface area (Å²) < 4.78 is 1.15. The van der Waals surface area contributed by atoms with E-state index in [1.165, 1.54) is 0 Å². The average molecular weight is 271 g/mol. The van der Waals surface area contributed by atoms with Crippen LogP contribution < -0.4 is 0 Å². The molecule has 2 heterocycles. The van der Waals surface area contributed by atoms with Crippen LogP contribution in [0.3, 0.4) is 0 Å². The highest BCUT2D eigenvalue weighted by Crippen LogP contribution is 2.18. The number of rotatable bonds is 0. The summed E-state index contributed by atoms with van der Waals surface area (Å²) in [7, 11) is 0. The van der Waals surface area contributed by atoms with E-state index in [0.717, 1.165) is 20.2 Å². The van der Waals surface area contributed by atoms with Gasteiger partial charge in [-0.2, -0.15) is 0 Å². The Morgan fingerprint density at radius 1 is 1.25 bits per heavy atom. The fourth-order valence-electron chi connectivity index (χ4n) is 0.996. The molecule has 12 heavy (non-hydrogen) atoms. The average Bonchev–Trinajstić information content (AvgIpc) is 2.12. The lowest BCUT2D eigenvalue weighted by atomic mass is 10.3. The first kappa shape index (κ1) is 7.85. The van der Waals surface area contributed by atoms with Gasteiger partial charge in [0.05, 0.1) is 6.20 Å². The summed E-state index contributed by atoms with van der Waals surface area (Å²) in [5, 5.41) is 0. The van der Waals surface area contributed by atoms with Gasteiger partial charge in [-0.25, -0.2) is 9.97 Å². The Labute approximate surface area is 83.4 Å². The summed E-state index contributed by atoms with van der Waals surface area (Å²) in [6, 6.07) is 0. The molecule has 0 radical (unpaired) electrons. The van der Waals surface area contributed by atoms with Crippen LogP contribution in [0.1, 0.15) is 5.56 Å². The van der Waals surface area contributed by atoms with Crippen molar-refractivity contribution >= 4 is 33.6 Å². The van der Waals surface area contributed by atoms with Gasteiger partial charge in [-0.3, -0.25) is 4.98 Å². The molecule has 2 aromatic rings. The summed E-state index contributed by atoms with van der Waals surface area (Å²) in [6.45, 7) is 2.02. The number of hydrogen-bond donors (Lipinski definition) is 0. The maximum absolute atomic E-state index is 4.21.